The van der Waals surface area contributed by atoms with Gasteiger partial charge in [0.15, 0.2) is 12.4 Å². The van der Waals surface area contributed by atoms with E-state index in [-0.39, 0.29) is 18.2 Å². The van der Waals surface area contributed by atoms with Crippen molar-refractivity contribution < 1.29 is 13.9 Å². The van der Waals surface area contributed by atoms with E-state index in [1.165, 1.54) is 12.1 Å². The summed E-state index contributed by atoms with van der Waals surface area (Å²) in [5, 5.41) is 0. The first-order chi connectivity index (χ1) is 9.47. The van der Waals surface area contributed by atoms with E-state index in [1.807, 2.05) is 32.0 Å². The molecule has 0 saturated carbocycles. The maximum atomic E-state index is 13.1. The van der Waals surface area contributed by atoms with Crippen LogP contribution in [0.1, 0.15) is 27.0 Å². The standard InChI is InChI=1S/C17H17FO2/c1-11-4-5-12(2)15(8-11)17(19)10-20-14-6-7-16(18)13(3)9-14/h4-9H,10H2,1-3H3. The molecule has 0 aliphatic rings. The second-order valence-electron chi connectivity index (χ2n) is 4.94. The van der Waals surface area contributed by atoms with E-state index in [9.17, 15) is 9.18 Å². The molecule has 0 aliphatic carbocycles. The van der Waals surface area contributed by atoms with E-state index in [0.717, 1.165) is 11.1 Å². The lowest BCUT2D eigenvalue weighted by molar-refractivity contribution is 0.0920. The lowest BCUT2D eigenvalue weighted by Gasteiger charge is -2.09. The molecule has 2 aromatic rings. The topological polar surface area (TPSA) is 26.3 Å². The van der Waals surface area contributed by atoms with Crippen LogP contribution in [-0.4, -0.2) is 12.4 Å². The van der Waals surface area contributed by atoms with E-state index in [4.69, 9.17) is 4.74 Å². The molecule has 0 amide bonds. The fraction of sp³-hybridized carbons (Fsp3) is 0.235. The number of hydrogen-bond acceptors (Lipinski definition) is 2. The average molecular weight is 272 g/mol. The van der Waals surface area contributed by atoms with Gasteiger partial charge in [-0.3, -0.25) is 4.79 Å². The predicted octanol–water partition coefficient (Wildman–Crippen LogP) is 4.01. The number of Topliss-reactive ketones (excluding diaryl/α,β-unsaturated/α-hetero) is 1. The molecule has 0 aliphatic heterocycles. The maximum Gasteiger partial charge on any atom is 0.200 e. The van der Waals surface area contributed by atoms with Gasteiger partial charge in [-0.15, -0.1) is 0 Å². The van der Waals surface area contributed by atoms with Gasteiger partial charge in [-0.1, -0.05) is 17.7 Å². The van der Waals surface area contributed by atoms with Crippen LogP contribution in [0.3, 0.4) is 0 Å². The lowest BCUT2D eigenvalue weighted by Crippen LogP contribution is -2.13. The molecule has 0 heterocycles. The number of carbonyl (C=O) groups excluding carboxylic acids is 1. The molecule has 0 radical (unpaired) electrons. The summed E-state index contributed by atoms with van der Waals surface area (Å²) in [6.45, 7) is 5.46. The maximum absolute atomic E-state index is 13.1. The molecule has 3 heteroatoms. The number of halogens is 1. The van der Waals surface area contributed by atoms with Crippen LogP contribution in [0.5, 0.6) is 5.75 Å². The molecule has 2 aromatic carbocycles. The first kappa shape index (κ1) is 14.3. The van der Waals surface area contributed by atoms with Crippen molar-refractivity contribution in [3.63, 3.8) is 0 Å². The third-order valence-corrected chi connectivity index (χ3v) is 3.19. The minimum Gasteiger partial charge on any atom is -0.485 e. The van der Waals surface area contributed by atoms with Gasteiger partial charge in [-0.05, 0) is 56.2 Å². The number of ketones is 1. The Balaban J connectivity index is 2.08. The van der Waals surface area contributed by atoms with E-state index < -0.39 is 0 Å². The zero-order chi connectivity index (χ0) is 14.7. The Hall–Kier alpha value is -2.16. The molecule has 0 N–H and O–H groups in total. The zero-order valence-corrected chi connectivity index (χ0v) is 11.9. The van der Waals surface area contributed by atoms with Gasteiger partial charge in [0, 0.05) is 5.56 Å². The van der Waals surface area contributed by atoms with Crippen LogP contribution in [0.2, 0.25) is 0 Å². The SMILES string of the molecule is Cc1ccc(C)c(C(=O)COc2ccc(F)c(C)c2)c1. The summed E-state index contributed by atoms with van der Waals surface area (Å²) >= 11 is 0. The van der Waals surface area contributed by atoms with Gasteiger partial charge >= 0.3 is 0 Å². The number of rotatable bonds is 4. The summed E-state index contributed by atoms with van der Waals surface area (Å²) < 4.78 is 18.6. The minimum absolute atomic E-state index is 0.0463. The van der Waals surface area contributed by atoms with Crippen LogP contribution in [0.25, 0.3) is 0 Å². The summed E-state index contributed by atoms with van der Waals surface area (Å²) in [6.07, 6.45) is 0. The highest BCUT2D eigenvalue weighted by Gasteiger charge is 2.10. The van der Waals surface area contributed by atoms with Crippen molar-refractivity contribution in [3.05, 3.63) is 64.5 Å². The average Bonchev–Trinajstić information content (AvgIpc) is 2.42. The van der Waals surface area contributed by atoms with Crippen LogP contribution in [0.15, 0.2) is 36.4 Å². The van der Waals surface area contributed by atoms with Crippen molar-refractivity contribution >= 4 is 5.78 Å². The van der Waals surface area contributed by atoms with Crippen molar-refractivity contribution in [1.29, 1.82) is 0 Å². The largest absolute Gasteiger partial charge is 0.485 e. The molecule has 0 bridgehead atoms. The fourth-order valence-corrected chi connectivity index (χ4v) is 1.97. The van der Waals surface area contributed by atoms with Crippen LogP contribution in [0.4, 0.5) is 4.39 Å². The van der Waals surface area contributed by atoms with E-state index in [1.54, 1.807) is 13.0 Å². The predicted molar refractivity (Wildman–Crippen MR) is 76.9 cm³/mol. The van der Waals surface area contributed by atoms with Gasteiger partial charge < -0.3 is 4.74 Å². The van der Waals surface area contributed by atoms with E-state index >= 15 is 0 Å². The molecule has 20 heavy (non-hydrogen) atoms. The van der Waals surface area contributed by atoms with Crippen LogP contribution >= 0.6 is 0 Å². The number of ether oxygens (including phenoxy) is 1. The molecule has 0 saturated heterocycles. The summed E-state index contributed by atoms with van der Waals surface area (Å²) in [5.41, 5.74) is 3.14. The van der Waals surface area contributed by atoms with Crippen LogP contribution < -0.4 is 4.74 Å². The Morgan fingerprint density at radius 2 is 1.80 bits per heavy atom. The molecular formula is C17H17FO2. The molecule has 0 unspecified atom stereocenters. The van der Waals surface area contributed by atoms with Crippen LogP contribution in [0, 0.1) is 26.6 Å². The third-order valence-electron chi connectivity index (χ3n) is 3.19. The summed E-state index contributed by atoms with van der Waals surface area (Å²) in [7, 11) is 0. The first-order valence-corrected chi connectivity index (χ1v) is 6.47. The third kappa shape index (κ3) is 3.23. The molecule has 104 valence electrons. The van der Waals surface area contributed by atoms with Gasteiger partial charge in [0.05, 0.1) is 0 Å². The molecule has 2 nitrogen and oxygen atoms in total. The van der Waals surface area contributed by atoms with Crippen molar-refractivity contribution in [2.75, 3.05) is 6.61 Å². The molecule has 0 spiro atoms. The van der Waals surface area contributed by atoms with Gasteiger partial charge in [-0.25, -0.2) is 4.39 Å². The molecule has 0 aromatic heterocycles. The Labute approximate surface area is 118 Å². The molecule has 0 atom stereocenters. The Morgan fingerprint density at radius 1 is 1.05 bits per heavy atom. The van der Waals surface area contributed by atoms with Crippen molar-refractivity contribution in [3.8, 4) is 5.75 Å². The van der Waals surface area contributed by atoms with Gasteiger partial charge in [-0.2, -0.15) is 0 Å². The van der Waals surface area contributed by atoms with Crippen molar-refractivity contribution in [2.45, 2.75) is 20.8 Å². The fourth-order valence-electron chi connectivity index (χ4n) is 1.97. The quantitative estimate of drug-likeness (QED) is 0.786. The van der Waals surface area contributed by atoms with Crippen LogP contribution in [-0.2, 0) is 0 Å². The smallest absolute Gasteiger partial charge is 0.200 e. The second-order valence-corrected chi connectivity index (χ2v) is 4.94. The Kier molecular flexibility index (Phi) is 4.18. The van der Waals surface area contributed by atoms with E-state index in [2.05, 4.69) is 0 Å². The summed E-state index contributed by atoms with van der Waals surface area (Å²) in [6, 6.07) is 10.2. The normalized spacial score (nSPS) is 10.4. The molecule has 2 rings (SSSR count). The summed E-state index contributed by atoms with van der Waals surface area (Å²) in [5.74, 6) is 0.147. The van der Waals surface area contributed by atoms with Gasteiger partial charge in [0.25, 0.3) is 0 Å². The monoisotopic (exact) mass is 272 g/mol. The highest BCUT2D eigenvalue weighted by atomic mass is 19.1. The Morgan fingerprint density at radius 3 is 2.50 bits per heavy atom. The van der Waals surface area contributed by atoms with Gasteiger partial charge in [0.1, 0.15) is 11.6 Å². The summed E-state index contributed by atoms with van der Waals surface area (Å²) in [4.78, 5) is 12.1. The second kappa shape index (κ2) is 5.87. The highest BCUT2D eigenvalue weighted by molar-refractivity contribution is 5.98. The van der Waals surface area contributed by atoms with E-state index in [0.29, 0.717) is 16.9 Å². The zero-order valence-electron chi connectivity index (χ0n) is 11.9. The Bertz CT molecular complexity index is 647. The number of carbonyl (C=O) groups is 1. The number of hydrogen-bond donors (Lipinski definition) is 0. The first-order valence-electron chi connectivity index (χ1n) is 6.47. The van der Waals surface area contributed by atoms with Crippen molar-refractivity contribution in [1.82, 2.24) is 0 Å². The molecular weight excluding hydrogens is 255 g/mol. The highest BCUT2D eigenvalue weighted by Crippen LogP contribution is 2.17. The lowest BCUT2D eigenvalue weighted by atomic mass is 10.0. The minimum atomic E-state index is -0.279. The number of benzene rings is 2. The number of aryl methyl sites for hydroxylation is 3. The van der Waals surface area contributed by atoms with Gasteiger partial charge in [0.2, 0.25) is 0 Å². The van der Waals surface area contributed by atoms with Crippen molar-refractivity contribution in [2.24, 2.45) is 0 Å². The molecule has 0 fully saturated rings.